The summed E-state index contributed by atoms with van der Waals surface area (Å²) in [5, 5.41) is 20.3. The Bertz CT molecular complexity index is 98.9. The van der Waals surface area contributed by atoms with Crippen LogP contribution in [-0.2, 0) is 0 Å². The number of nitrogens with one attached hydrogen (secondary N) is 1. The minimum atomic E-state index is -0.740. The molecule has 0 aliphatic heterocycles. The molecule has 0 heterocycles. The van der Waals surface area contributed by atoms with E-state index in [4.69, 9.17) is 10.2 Å². The standard InChI is InChI=1S/C10H23NO2/c1-2-3-4-5-6-7-8-11-10(13)9-12/h10-13H,2-9H2,1H3. The maximum Gasteiger partial charge on any atom is 0.128 e. The van der Waals surface area contributed by atoms with E-state index in [0.29, 0.717) is 0 Å². The fourth-order valence-corrected chi connectivity index (χ4v) is 1.24. The van der Waals surface area contributed by atoms with Crippen LogP contribution in [0, 0.1) is 0 Å². The van der Waals surface area contributed by atoms with E-state index in [1.807, 2.05) is 0 Å². The molecule has 80 valence electrons. The lowest BCUT2D eigenvalue weighted by atomic mass is 10.1. The van der Waals surface area contributed by atoms with Crippen LogP contribution in [-0.4, -0.2) is 29.6 Å². The van der Waals surface area contributed by atoms with Crippen LogP contribution >= 0.6 is 0 Å². The highest BCUT2D eigenvalue weighted by Crippen LogP contribution is 2.03. The molecular formula is C10H23NO2. The first-order valence-corrected chi connectivity index (χ1v) is 5.33. The molecule has 0 aliphatic rings. The molecule has 1 atom stereocenters. The first-order chi connectivity index (χ1) is 6.31. The van der Waals surface area contributed by atoms with Crippen molar-refractivity contribution in [3.8, 4) is 0 Å². The van der Waals surface area contributed by atoms with Crippen LogP contribution in [0.5, 0.6) is 0 Å². The lowest BCUT2D eigenvalue weighted by Gasteiger charge is -2.08. The number of hydrogen-bond donors (Lipinski definition) is 3. The van der Waals surface area contributed by atoms with Gasteiger partial charge in [0.1, 0.15) is 6.23 Å². The van der Waals surface area contributed by atoms with Crippen molar-refractivity contribution in [3.05, 3.63) is 0 Å². The van der Waals surface area contributed by atoms with Gasteiger partial charge >= 0.3 is 0 Å². The SMILES string of the molecule is CCCCCCCCNC(O)CO. The second-order valence-corrected chi connectivity index (χ2v) is 3.42. The van der Waals surface area contributed by atoms with Crippen LogP contribution in [0.3, 0.4) is 0 Å². The van der Waals surface area contributed by atoms with Gasteiger partial charge in [-0.1, -0.05) is 39.0 Å². The molecule has 0 fully saturated rings. The van der Waals surface area contributed by atoms with Crippen molar-refractivity contribution >= 4 is 0 Å². The Morgan fingerprint density at radius 2 is 1.69 bits per heavy atom. The fourth-order valence-electron chi connectivity index (χ4n) is 1.24. The molecule has 3 heteroatoms. The second kappa shape index (κ2) is 9.96. The largest absolute Gasteiger partial charge is 0.392 e. The minimum Gasteiger partial charge on any atom is -0.392 e. The van der Waals surface area contributed by atoms with E-state index in [0.717, 1.165) is 13.0 Å². The summed E-state index contributed by atoms with van der Waals surface area (Å²) in [6, 6.07) is 0. The first kappa shape index (κ1) is 12.9. The molecular weight excluding hydrogens is 166 g/mol. The van der Waals surface area contributed by atoms with Crippen molar-refractivity contribution in [3.63, 3.8) is 0 Å². The molecule has 0 amide bonds. The molecule has 0 aromatic carbocycles. The van der Waals surface area contributed by atoms with Crippen molar-refractivity contribution in [2.24, 2.45) is 0 Å². The van der Waals surface area contributed by atoms with Crippen LogP contribution < -0.4 is 5.32 Å². The van der Waals surface area contributed by atoms with Gasteiger partial charge in [0, 0.05) is 0 Å². The highest BCUT2D eigenvalue weighted by atomic mass is 16.3. The summed E-state index contributed by atoms with van der Waals surface area (Å²) in [5.41, 5.74) is 0. The molecule has 0 aromatic rings. The average Bonchev–Trinajstić information content (AvgIpc) is 2.16. The van der Waals surface area contributed by atoms with Crippen LogP contribution in [0.25, 0.3) is 0 Å². The number of aliphatic hydroxyl groups excluding tert-OH is 2. The van der Waals surface area contributed by atoms with Gasteiger partial charge in [0.2, 0.25) is 0 Å². The lowest BCUT2D eigenvalue weighted by molar-refractivity contribution is 0.0679. The fraction of sp³-hybridized carbons (Fsp3) is 1.00. The van der Waals surface area contributed by atoms with Gasteiger partial charge < -0.3 is 10.2 Å². The third-order valence-electron chi connectivity index (χ3n) is 2.08. The van der Waals surface area contributed by atoms with E-state index in [1.54, 1.807) is 0 Å². The molecule has 3 nitrogen and oxygen atoms in total. The van der Waals surface area contributed by atoms with E-state index in [2.05, 4.69) is 12.2 Å². The molecule has 0 aromatic heterocycles. The zero-order valence-electron chi connectivity index (χ0n) is 8.63. The molecule has 1 unspecified atom stereocenters. The average molecular weight is 189 g/mol. The van der Waals surface area contributed by atoms with Gasteiger partial charge in [-0.15, -0.1) is 0 Å². The number of aliphatic hydroxyl groups is 2. The second-order valence-electron chi connectivity index (χ2n) is 3.42. The Balaban J connectivity index is 2.91. The van der Waals surface area contributed by atoms with E-state index in [9.17, 15) is 0 Å². The summed E-state index contributed by atoms with van der Waals surface area (Å²) in [7, 11) is 0. The normalized spacial score (nSPS) is 13.2. The third kappa shape index (κ3) is 9.80. The summed E-state index contributed by atoms with van der Waals surface area (Å²) in [6.07, 6.45) is 6.76. The van der Waals surface area contributed by atoms with Crippen LogP contribution in [0.2, 0.25) is 0 Å². The number of hydrogen-bond acceptors (Lipinski definition) is 3. The topological polar surface area (TPSA) is 52.5 Å². The van der Waals surface area contributed by atoms with Gasteiger partial charge in [0.25, 0.3) is 0 Å². The molecule has 13 heavy (non-hydrogen) atoms. The van der Waals surface area contributed by atoms with Gasteiger partial charge in [0.05, 0.1) is 6.61 Å². The Morgan fingerprint density at radius 3 is 2.31 bits per heavy atom. The molecule has 0 saturated carbocycles. The van der Waals surface area contributed by atoms with E-state index in [1.165, 1.54) is 32.1 Å². The third-order valence-corrected chi connectivity index (χ3v) is 2.08. The zero-order valence-corrected chi connectivity index (χ0v) is 8.63. The van der Waals surface area contributed by atoms with Gasteiger partial charge in [-0.25, -0.2) is 0 Å². The smallest absolute Gasteiger partial charge is 0.128 e. The predicted molar refractivity (Wildman–Crippen MR) is 54.5 cm³/mol. The van der Waals surface area contributed by atoms with Gasteiger partial charge in [-0.2, -0.15) is 0 Å². The van der Waals surface area contributed by atoms with E-state index < -0.39 is 6.23 Å². The molecule has 0 saturated heterocycles. The Labute approximate surface area is 81.2 Å². The maximum absolute atomic E-state index is 8.94. The van der Waals surface area contributed by atoms with Crippen molar-refractivity contribution in [1.29, 1.82) is 0 Å². The minimum absolute atomic E-state index is 0.199. The Hall–Kier alpha value is -0.120. The van der Waals surface area contributed by atoms with Crippen molar-refractivity contribution < 1.29 is 10.2 Å². The molecule has 3 N–H and O–H groups in total. The van der Waals surface area contributed by atoms with Crippen LogP contribution in [0.1, 0.15) is 45.4 Å². The summed E-state index contributed by atoms with van der Waals surface area (Å²) in [4.78, 5) is 0. The van der Waals surface area contributed by atoms with Crippen LogP contribution in [0.15, 0.2) is 0 Å². The van der Waals surface area contributed by atoms with Gasteiger partial charge in [-0.3, -0.25) is 5.32 Å². The summed E-state index contributed by atoms with van der Waals surface area (Å²) < 4.78 is 0. The highest BCUT2D eigenvalue weighted by Gasteiger charge is 1.97. The quantitative estimate of drug-likeness (QED) is 0.378. The molecule has 0 rings (SSSR count). The summed E-state index contributed by atoms with van der Waals surface area (Å²) in [5.74, 6) is 0. The predicted octanol–water partition coefficient (Wildman–Crippen LogP) is 1.25. The lowest BCUT2D eigenvalue weighted by Crippen LogP contribution is -2.32. The van der Waals surface area contributed by atoms with Crippen molar-refractivity contribution in [1.82, 2.24) is 5.32 Å². The molecule has 0 spiro atoms. The maximum atomic E-state index is 8.94. The Kier molecular flexibility index (Phi) is 9.87. The van der Waals surface area contributed by atoms with Gasteiger partial charge in [0.15, 0.2) is 0 Å². The highest BCUT2D eigenvalue weighted by molar-refractivity contribution is 4.51. The molecule has 0 aliphatic carbocycles. The van der Waals surface area contributed by atoms with Crippen molar-refractivity contribution in [2.75, 3.05) is 13.2 Å². The zero-order chi connectivity index (χ0) is 9.94. The summed E-state index contributed by atoms with van der Waals surface area (Å²) >= 11 is 0. The molecule has 0 radical (unpaired) electrons. The Morgan fingerprint density at radius 1 is 1.08 bits per heavy atom. The van der Waals surface area contributed by atoms with Gasteiger partial charge in [-0.05, 0) is 13.0 Å². The van der Waals surface area contributed by atoms with E-state index >= 15 is 0 Å². The summed E-state index contributed by atoms with van der Waals surface area (Å²) in [6.45, 7) is 2.81. The number of rotatable bonds is 9. The monoisotopic (exact) mass is 189 g/mol. The van der Waals surface area contributed by atoms with Crippen molar-refractivity contribution in [2.45, 2.75) is 51.7 Å². The number of unbranched alkanes of at least 4 members (excludes halogenated alkanes) is 5. The first-order valence-electron chi connectivity index (χ1n) is 5.33. The van der Waals surface area contributed by atoms with Crippen LogP contribution in [0.4, 0.5) is 0 Å². The van der Waals surface area contributed by atoms with E-state index in [-0.39, 0.29) is 6.61 Å². The molecule has 0 bridgehead atoms.